The summed E-state index contributed by atoms with van der Waals surface area (Å²) in [6, 6.07) is 8.84. The van der Waals surface area contributed by atoms with Gasteiger partial charge >= 0.3 is 5.97 Å². The smallest absolute Gasteiger partial charge is 0.329 e. The SMILES string of the molecule is CCCC(C)(NC(=O)c1cc(-c2ccc(OC)cc2)n[nH]1)C(=O)O. The Labute approximate surface area is 140 Å². The largest absolute Gasteiger partial charge is 0.497 e. The normalized spacial score (nSPS) is 13.1. The molecule has 1 amide bonds. The molecule has 3 N–H and O–H groups in total. The monoisotopic (exact) mass is 331 g/mol. The molecule has 0 spiro atoms. The predicted molar refractivity (Wildman–Crippen MR) is 89.0 cm³/mol. The van der Waals surface area contributed by atoms with Crippen molar-refractivity contribution in [3.63, 3.8) is 0 Å². The summed E-state index contributed by atoms with van der Waals surface area (Å²) >= 11 is 0. The van der Waals surface area contributed by atoms with E-state index in [4.69, 9.17) is 4.74 Å². The highest BCUT2D eigenvalue weighted by atomic mass is 16.5. The third-order valence-electron chi connectivity index (χ3n) is 3.82. The van der Waals surface area contributed by atoms with Gasteiger partial charge in [-0.2, -0.15) is 5.10 Å². The number of hydrogen-bond acceptors (Lipinski definition) is 4. The molecular weight excluding hydrogens is 310 g/mol. The first-order valence-corrected chi connectivity index (χ1v) is 7.65. The molecule has 2 rings (SSSR count). The van der Waals surface area contributed by atoms with Crippen molar-refractivity contribution in [2.24, 2.45) is 0 Å². The molecule has 1 aromatic heterocycles. The molecular formula is C17H21N3O4. The lowest BCUT2D eigenvalue weighted by Crippen LogP contribution is -2.52. The number of H-pyrrole nitrogens is 1. The van der Waals surface area contributed by atoms with Crippen LogP contribution in [0, 0.1) is 0 Å². The van der Waals surface area contributed by atoms with Gasteiger partial charge in [0.25, 0.3) is 5.91 Å². The first-order valence-electron chi connectivity index (χ1n) is 7.65. The van der Waals surface area contributed by atoms with E-state index in [1.807, 2.05) is 19.1 Å². The number of aliphatic carboxylic acids is 1. The molecule has 7 nitrogen and oxygen atoms in total. The summed E-state index contributed by atoms with van der Waals surface area (Å²) in [4.78, 5) is 23.7. The maximum absolute atomic E-state index is 12.3. The molecule has 0 aliphatic carbocycles. The van der Waals surface area contributed by atoms with E-state index in [2.05, 4.69) is 15.5 Å². The van der Waals surface area contributed by atoms with Gasteiger partial charge < -0.3 is 15.2 Å². The molecule has 1 heterocycles. The second-order valence-electron chi connectivity index (χ2n) is 5.74. The molecule has 1 unspecified atom stereocenters. The van der Waals surface area contributed by atoms with Crippen LogP contribution in [0.1, 0.15) is 37.2 Å². The van der Waals surface area contributed by atoms with Gasteiger partial charge in [-0.15, -0.1) is 0 Å². The number of hydrogen-bond donors (Lipinski definition) is 3. The average Bonchev–Trinajstić information content (AvgIpc) is 3.05. The van der Waals surface area contributed by atoms with Crippen LogP contribution in [-0.2, 0) is 4.79 Å². The highest BCUT2D eigenvalue weighted by Crippen LogP contribution is 2.21. The predicted octanol–water partition coefficient (Wildman–Crippen LogP) is 2.46. The molecule has 1 aromatic carbocycles. The van der Waals surface area contributed by atoms with Gasteiger partial charge in [0.05, 0.1) is 12.8 Å². The van der Waals surface area contributed by atoms with Crippen LogP contribution in [0.5, 0.6) is 5.75 Å². The summed E-state index contributed by atoms with van der Waals surface area (Å²) < 4.78 is 5.10. The highest BCUT2D eigenvalue weighted by molar-refractivity contribution is 5.97. The molecule has 0 aliphatic heterocycles. The fourth-order valence-electron chi connectivity index (χ4n) is 2.39. The summed E-state index contributed by atoms with van der Waals surface area (Å²) in [5, 5.41) is 18.7. The number of rotatable bonds is 7. The maximum atomic E-state index is 12.3. The second kappa shape index (κ2) is 7.16. The maximum Gasteiger partial charge on any atom is 0.329 e. The minimum atomic E-state index is -1.31. The van der Waals surface area contributed by atoms with Gasteiger partial charge in [0.1, 0.15) is 17.0 Å². The van der Waals surface area contributed by atoms with Gasteiger partial charge in [-0.3, -0.25) is 9.89 Å². The number of nitrogens with zero attached hydrogens (tertiary/aromatic N) is 1. The van der Waals surface area contributed by atoms with E-state index < -0.39 is 17.4 Å². The van der Waals surface area contributed by atoms with Crippen LogP contribution >= 0.6 is 0 Å². The molecule has 128 valence electrons. The summed E-state index contributed by atoms with van der Waals surface area (Å²) in [7, 11) is 1.59. The van der Waals surface area contributed by atoms with Crippen LogP contribution < -0.4 is 10.1 Å². The van der Waals surface area contributed by atoms with Crippen LogP contribution in [0.25, 0.3) is 11.3 Å². The molecule has 0 aliphatic rings. The first kappa shape index (κ1) is 17.5. The number of aromatic nitrogens is 2. The van der Waals surface area contributed by atoms with Crippen LogP contribution in [0.3, 0.4) is 0 Å². The molecule has 7 heteroatoms. The highest BCUT2D eigenvalue weighted by Gasteiger charge is 2.34. The fraction of sp³-hybridized carbons (Fsp3) is 0.353. The molecule has 2 aromatic rings. The van der Waals surface area contributed by atoms with E-state index in [1.165, 1.54) is 6.92 Å². The summed E-state index contributed by atoms with van der Waals surface area (Å²) in [6.07, 6.45) is 0.983. The Bertz CT molecular complexity index is 724. The van der Waals surface area contributed by atoms with Crippen molar-refractivity contribution < 1.29 is 19.4 Å². The minimum absolute atomic E-state index is 0.212. The van der Waals surface area contributed by atoms with Gasteiger partial charge in [-0.25, -0.2) is 4.79 Å². The molecule has 0 bridgehead atoms. The summed E-state index contributed by atoms with van der Waals surface area (Å²) in [5.41, 5.74) is 0.317. The van der Waals surface area contributed by atoms with Crippen LogP contribution in [0.2, 0.25) is 0 Å². The zero-order valence-corrected chi connectivity index (χ0v) is 13.9. The number of ether oxygens (including phenoxy) is 1. The molecule has 0 saturated heterocycles. The molecule has 0 fully saturated rings. The Morgan fingerprint density at radius 1 is 1.33 bits per heavy atom. The van der Waals surface area contributed by atoms with E-state index in [1.54, 1.807) is 25.3 Å². The van der Waals surface area contributed by atoms with Crippen molar-refractivity contribution >= 4 is 11.9 Å². The number of carboxylic acid groups (broad SMARTS) is 1. The van der Waals surface area contributed by atoms with Crippen LogP contribution in [0.15, 0.2) is 30.3 Å². The quantitative estimate of drug-likeness (QED) is 0.723. The number of carbonyl (C=O) groups is 2. The number of benzene rings is 1. The van der Waals surface area contributed by atoms with E-state index in [0.717, 1.165) is 11.3 Å². The number of amides is 1. The van der Waals surface area contributed by atoms with Crippen molar-refractivity contribution in [1.82, 2.24) is 15.5 Å². The third kappa shape index (κ3) is 3.73. The fourth-order valence-corrected chi connectivity index (χ4v) is 2.39. The molecule has 24 heavy (non-hydrogen) atoms. The summed E-state index contributed by atoms with van der Waals surface area (Å²) in [5.74, 6) is -0.836. The van der Waals surface area contributed by atoms with Gasteiger partial charge in [-0.1, -0.05) is 13.3 Å². The van der Waals surface area contributed by atoms with E-state index >= 15 is 0 Å². The van der Waals surface area contributed by atoms with E-state index in [0.29, 0.717) is 18.5 Å². The Balaban J connectivity index is 2.17. The second-order valence-corrected chi connectivity index (χ2v) is 5.74. The first-order chi connectivity index (χ1) is 11.4. The lowest BCUT2D eigenvalue weighted by molar-refractivity contribution is -0.144. The van der Waals surface area contributed by atoms with Gasteiger partial charge in [0.2, 0.25) is 0 Å². The number of aromatic amines is 1. The zero-order chi connectivity index (χ0) is 17.7. The Morgan fingerprint density at radius 2 is 2.00 bits per heavy atom. The zero-order valence-electron chi connectivity index (χ0n) is 13.9. The number of nitrogens with one attached hydrogen (secondary N) is 2. The van der Waals surface area contributed by atoms with Crippen molar-refractivity contribution in [2.45, 2.75) is 32.2 Å². The molecule has 0 radical (unpaired) electrons. The number of carboxylic acids is 1. The third-order valence-corrected chi connectivity index (χ3v) is 3.82. The molecule has 0 saturated carbocycles. The van der Waals surface area contributed by atoms with E-state index in [9.17, 15) is 14.7 Å². The van der Waals surface area contributed by atoms with Gasteiger partial charge in [-0.05, 0) is 43.7 Å². The Morgan fingerprint density at radius 3 is 2.54 bits per heavy atom. The van der Waals surface area contributed by atoms with Gasteiger partial charge in [0, 0.05) is 5.56 Å². The lowest BCUT2D eigenvalue weighted by atomic mass is 9.96. The van der Waals surface area contributed by atoms with Crippen molar-refractivity contribution in [1.29, 1.82) is 0 Å². The van der Waals surface area contributed by atoms with Crippen LogP contribution in [0.4, 0.5) is 0 Å². The lowest BCUT2D eigenvalue weighted by Gasteiger charge is -2.25. The van der Waals surface area contributed by atoms with Gasteiger partial charge in [0.15, 0.2) is 0 Å². The average molecular weight is 331 g/mol. The standard InChI is InChI=1S/C17H21N3O4/c1-4-9-17(2,16(22)23)18-15(21)14-10-13(19-20-14)11-5-7-12(24-3)8-6-11/h5-8,10H,4,9H2,1-3H3,(H,18,21)(H,19,20)(H,22,23). The van der Waals surface area contributed by atoms with Crippen molar-refractivity contribution in [2.75, 3.05) is 7.11 Å². The van der Waals surface area contributed by atoms with Crippen LogP contribution in [-0.4, -0.2) is 39.8 Å². The number of methoxy groups -OCH3 is 1. The van der Waals surface area contributed by atoms with Crippen molar-refractivity contribution in [3.05, 3.63) is 36.0 Å². The summed E-state index contributed by atoms with van der Waals surface area (Å²) in [6.45, 7) is 3.36. The Hall–Kier alpha value is -2.83. The minimum Gasteiger partial charge on any atom is -0.497 e. The van der Waals surface area contributed by atoms with Crippen molar-refractivity contribution in [3.8, 4) is 17.0 Å². The molecule has 1 atom stereocenters. The van der Waals surface area contributed by atoms with E-state index in [-0.39, 0.29) is 5.69 Å². The Kier molecular flexibility index (Phi) is 5.23. The number of carbonyl (C=O) groups excluding carboxylic acids is 1. The topological polar surface area (TPSA) is 104 Å².